The number of aromatic nitrogens is 1. The molecule has 1 aromatic carbocycles. The molecule has 1 aliphatic heterocycles. The van der Waals surface area contributed by atoms with Crippen molar-refractivity contribution in [3.8, 4) is 0 Å². The van der Waals surface area contributed by atoms with E-state index < -0.39 is 0 Å². The molecule has 136 valence electrons. The number of likely N-dealkylation sites (tertiary alicyclic amines) is 1. The third-order valence-corrected chi connectivity index (χ3v) is 4.72. The molecule has 0 saturated carbocycles. The monoisotopic (exact) mass is 372 g/mol. The summed E-state index contributed by atoms with van der Waals surface area (Å²) in [4.78, 5) is 30.2. The number of pyridine rings is 1. The SMILES string of the molecule is O=C(NCC1CCN(C(=O)c2cccnc2)CC1)Nc1ccc(Cl)cc1. The minimum Gasteiger partial charge on any atom is -0.339 e. The lowest BCUT2D eigenvalue weighted by atomic mass is 9.96. The minimum atomic E-state index is -0.235. The third kappa shape index (κ3) is 4.95. The Morgan fingerprint density at radius 3 is 2.54 bits per heavy atom. The molecule has 2 aromatic rings. The van der Waals surface area contributed by atoms with Crippen LogP contribution in [0.1, 0.15) is 23.2 Å². The van der Waals surface area contributed by atoms with Crippen LogP contribution in [0.5, 0.6) is 0 Å². The summed E-state index contributed by atoms with van der Waals surface area (Å²) in [7, 11) is 0. The lowest BCUT2D eigenvalue weighted by Gasteiger charge is -2.32. The average molecular weight is 373 g/mol. The number of halogens is 1. The van der Waals surface area contributed by atoms with E-state index in [2.05, 4.69) is 15.6 Å². The van der Waals surface area contributed by atoms with Gasteiger partial charge in [-0.05, 0) is 55.2 Å². The Labute approximate surface area is 157 Å². The zero-order valence-electron chi connectivity index (χ0n) is 14.3. The number of hydrogen-bond acceptors (Lipinski definition) is 3. The maximum Gasteiger partial charge on any atom is 0.319 e. The standard InChI is InChI=1S/C19H21ClN4O2/c20-16-3-5-17(6-4-16)23-19(26)22-12-14-7-10-24(11-8-14)18(25)15-2-1-9-21-13-15/h1-6,9,13-14H,7-8,10-12H2,(H2,22,23,26). The lowest BCUT2D eigenvalue weighted by Crippen LogP contribution is -2.42. The van der Waals surface area contributed by atoms with Gasteiger partial charge in [-0.15, -0.1) is 0 Å². The van der Waals surface area contributed by atoms with Crippen LogP contribution in [0.3, 0.4) is 0 Å². The molecule has 2 N–H and O–H groups in total. The highest BCUT2D eigenvalue weighted by Crippen LogP contribution is 2.18. The maximum absolute atomic E-state index is 12.4. The van der Waals surface area contributed by atoms with Gasteiger partial charge < -0.3 is 15.5 Å². The fraction of sp³-hybridized carbons (Fsp3) is 0.316. The molecular weight excluding hydrogens is 352 g/mol. The summed E-state index contributed by atoms with van der Waals surface area (Å²) in [6, 6.07) is 10.3. The third-order valence-electron chi connectivity index (χ3n) is 4.46. The van der Waals surface area contributed by atoms with Crippen molar-refractivity contribution < 1.29 is 9.59 Å². The van der Waals surface area contributed by atoms with Gasteiger partial charge in [0.2, 0.25) is 0 Å². The number of anilines is 1. The summed E-state index contributed by atoms with van der Waals surface area (Å²) in [5.74, 6) is 0.383. The first kappa shape index (κ1) is 18.2. The van der Waals surface area contributed by atoms with Crippen molar-refractivity contribution in [2.75, 3.05) is 25.0 Å². The van der Waals surface area contributed by atoms with E-state index in [1.807, 2.05) is 4.90 Å². The number of rotatable bonds is 4. The highest BCUT2D eigenvalue weighted by atomic mass is 35.5. The largest absolute Gasteiger partial charge is 0.339 e. The van der Waals surface area contributed by atoms with E-state index in [1.54, 1.807) is 48.8 Å². The minimum absolute atomic E-state index is 0.0185. The molecule has 1 aromatic heterocycles. The fourth-order valence-electron chi connectivity index (χ4n) is 2.96. The van der Waals surface area contributed by atoms with Crippen molar-refractivity contribution >= 4 is 29.2 Å². The van der Waals surface area contributed by atoms with Gasteiger partial charge in [-0.3, -0.25) is 9.78 Å². The number of piperidine rings is 1. The summed E-state index contributed by atoms with van der Waals surface area (Å²) in [6.07, 6.45) is 4.99. The molecule has 0 unspecified atom stereocenters. The van der Waals surface area contributed by atoms with Gasteiger partial charge in [0, 0.05) is 42.7 Å². The van der Waals surface area contributed by atoms with E-state index in [-0.39, 0.29) is 11.9 Å². The number of carbonyl (C=O) groups is 2. The molecule has 1 aliphatic rings. The Hall–Kier alpha value is -2.60. The smallest absolute Gasteiger partial charge is 0.319 e. The molecule has 6 nitrogen and oxygen atoms in total. The molecule has 3 rings (SSSR count). The highest BCUT2D eigenvalue weighted by Gasteiger charge is 2.23. The van der Waals surface area contributed by atoms with E-state index in [0.717, 1.165) is 12.8 Å². The first-order valence-electron chi connectivity index (χ1n) is 8.61. The second kappa shape index (κ2) is 8.67. The van der Waals surface area contributed by atoms with Gasteiger partial charge in [0.1, 0.15) is 0 Å². The zero-order valence-corrected chi connectivity index (χ0v) is 15.1. The number of benzene rings is 1. The van der Waals surface area contributed by atoms with E-state index in [1.165, 1.54) is 0 Å². The predicted molar refractivity (Wildman–Crippen MR) is 101 cm³/mol. The van der Waals surface area contributed by atoms with Crippen LogP contribution >= 0.6 is 11.6 Å². The van der Waals surface area contributed by atoms with Gasteiger partial charge in [-0.1, -0.05) is 11.6 Å². The van der Waals surface area contributed by atoms with Crippen molar-refractivity contribution in [3.05, 3.63) is 59.4 Å². The molecule has 1 fully saturated rings. The Morgan fingerprint density at radius 2 is 1.88 bits per heavy atom. The number of nitrogens with one attached hydrogen (secondary N) is 2. The molecule has 0 spiro atoms. The van der Waals surface area contributed by atoms with Crippen LogP contribution in [0.15, 0.2) is 48.8 Å². The summed E-state index contributed by atoms with van der Waals surface area (Å²) >= 11 is 5.82. The molecule has 2 heterocycles. The van der Waals surface area contributed by atoms with Gasteiger partial charge in [-0.25, -0.2) is 4.79 Å². The molecule has 7 heteroatoms. The summed E-state index contributed by atoms with van der Waals surface area (Å²) in [5.41, 5.74) is 1.32. The van der Waals surface area contributed by atoms with Crippen molar-refractivity contribution in [1.29, 1.82) is 0 Å². The Morgan fingerprint density at radius 1 is 1.15 bits per heavy atom. The quantitative estimate of drug-likeness (QED) is 0.863. The average Bonchev–Trinajstić information content (AvgIpc) is 2.69. The Kier molecular flexibility index (Phi) is 6.07. The van der Waals surface area contributed by atoms with E-state index in [4.69, 9.17) is 11.6 Å². The maximum atomic E-state index is 12.4. The first-order valence-corrected chi connectivity index (χ1v) is 8.99. The van der Waals surface area contributed by atoms with E-state index >= 15 is 0 Å². The van der Waals surface area contributed by atoms with Crippen molar-refractivity contribution in [3.63, 3.8) is 0 Å². The van der Waals surface area contributed by atoms with Crippen LogP contribution in [0, 0.1) is 5.92 Å². The van der Waals surface area contributed by atoms with Crippen LogP contribution in [-0.2, 0) is 0 Å². The van der Waals surface area contributed by atoms with Gasteiger partial charge in [-0.2, -0.15) is 0 Å². The molecular formula is C19H21ClN4O2. The zero-order chi connectivity index (χ0) is 18.4. The number of urea groups is 1. The first-order chi connectivity index (χ1) is 12.6. The second-order valence-corrected chi connectivity index (χ2v) is 6.76. The predicted octanol–water partition coefficient (Wildman–Crippen LogP) is 3.41. The molecule has 1 saturated heterocycles. The van der Waals surface area contributed by atoms with Crippen LogP contribution in [0.25, 0.3) is 0 Å². The summed E-state index contributed by atoms with van der Waals surface area (Å²) in [6.45, 7) is 1.98. The molecule has 26 heavy (non-hydrogen) atoms. The van der Waals surface area contributed by atoms with Gasteiger partial charge >= 0.3 is 6.03 Å². The fourth-order valence-corrected chi connectivity index (χ4v) is 3.08. The lowest BCUT2D eigenvalue weighted by molar-refractivity contribution is 0.0690. The van der Waals surface area contributed by atoms with Crippen LogP contribution in [-0.4, -0.2) is 41.5 Å². The van der Waals surface area contributed by atoms with Crippen LogP contribution in [0.2, 0.25) is 5.02 Å². The van der Waals surface area contributed by atoms with Crippen LogP contribution < -0.4 is 10.6 Å². The van der Waals surface area contributed by atoms with E-state index in [0.29, 0.717) is 41.8 Å². The van der Waals surface area contributed by atoms with Crippen molar-refractivity contribution in [2.24, 2.45) is 5.92 Å². The number of hydrogen-bond donors (Lipinski definition) is 2. The van der Waals surface area contributed by atoms with Crippen LogP contribution in [0.4, 0.5) is 10.5 Å². The van der Waals surface area contributed by atoms with Crippen molar-refractivity contribution in [1.82, 2.24) is 15.2 Å². The number of amides is 3. The number of nitrogens with zero attached hydrogens (tertiary/aromatic N) is 2. The molecule has 0 atom stereocenters. The Balaban J connectivity index is 1.40. The summed E-state index contributed by atoms with van der Waals surface area (Å²) in [5, 5.41) is 6.30. The molecule has 3 amide bonds. The molecule has 0 aliphatic carbocycles. The number of carbonyl (C=O) groups excluding carboxylic acids is 2. The highest BCUT2D eigenvalue weighted by molar-refractivity contribution is 6.30. The van der Waals surface area contributed by atoms with Crippen molar-refractivity contribution in [2.45, 2.75) is 12.8 Å². The Bertz CT molecular complexity index is 744. The van der Waals surface area contributed by atoms with E-state index in [9.17, 15) is 9.59 Å². The molecule has 0 radical (unpaired) electrons. The van der Waals surface area contributed by atoms with Gasteiger partial charge in [0.25, 0.3) is 5.91 Å². The summed E-state index contributed by atoms with van der Waals surface area (Å²) < 4.78 is 0. The van der Waals surface area contributed by atoms with Gasteiger partial charge in [0.05, 0.1) is 5.56 Å². The normalized spacial score (nSPS) is 14.7. The second-order valence-electron chi connectivity index (χ2n) is 6.32. The topological polar surface area (TPSA) is 74.3 Å². The molecule has 0 bridgehead atoms. The van der Waals surface area contributed by atoms with Gasteiger partial charge in [0.15, 0.2) is 0 Å².